The largest absolute Gasteiger partial charge is 0.329 e. The van der Waals surface area contributed by atoms with Crippen molar-refractivity contribution in [2.75, 3.05) is 0 Å². The highest BCUT2D eigenvalue weighted by atomic mass is 79.9. The lowest BCUT2D eigenvalue weighted by Crippen LogP contribution is -1.97. The monoisotopic (exact) mass is 337 g/mol. The standard InChI is InChI=1S/C13H9BrFN3S/c1-7-4-10-12(16-6-7)18(13(19)17-10)11-5-8(15)2-3-9(11)14/h2-6H,1H3,(H,17,19). The van der Waals surface area contributed by atoms with Gasteiger partial charge in [0.15, 0.2) is 10.4 Å². The van der Waals surface area contributed by atoms with Crippen LogP contribution >= 0.6 is 28.1 Å². The lowest BCUT2D eigenvalue weighted by Gasteiger charge is -2.06. The van der Waals surface area contributed by atoms with Gasteiger partial charge in [-0.1, -0.05) is 0 Å². The van der Waals surface area contributed by atoms with Gasteiger partial charge in [-0.05, 0) is 64.9 Å². The van der Waals surface area contributed by atoms with E-state index in [1.807, 2.05) is 13.0 Å². The molecule has 0 aliphatic rings. The van der Waals surface area contributed by atoms with Crippen molar-refractivity contribution in [1.29, 1.82) is 0 Å². The van der Waals surface area contributed by atoms with Crippen LogP contribution in [0.15, 0.2) is 34.9 Å². The second-order valence-electron chi connectivity index (χ2n) is 4.25. The maximum absolute atomic E-state index is 13.4. The van der Waals surface area contributed by atoms with E-state index in [-0.39, 0.29) is 5.82 Å². The smallest absolute Gasteiger partial charge is 0.184 e. The van der Waals surface area contributed by atoms with E-state index in [0.717, 1.165) is 15.6 Å². The summed E-state index contributed by atoms with van der Waals surface area (Å²) in [5.41, 5.74) is 3.19. The van der Waals surface area contributed by atoms with E-state index in [4.69, 9.17) is 12.2 Å². The van der Waals surface area contributed by atoms with Crippen LogP contribution in [0.2, 0.25) is 0 Å². The molecule has 0 atom stereocenters. The fraction of sp³-hybridized carbons (Fsp3) is 0.0769. The molecule has 0 fully saturated rings. The molecule has 0 aliphatic carbocycles. The summed E-state index contributed by atoms with van der Waals surface area (Å²) >= 11 is 8.72. The predicted molar refractivity (Wildman–Crippen MR) is 78.6 cm³/mol. The summed E-state index contributed by atoms with van der Waals surface area (Å²) in [6.45, 7) is 1.96. The number of aromatic amines is 1. The molecule has 0 unspecified atom stereocenters. The van der Waals surface area contributed by atoms with Crippen molar-refractivity contribution in [3.05, 3.63) is 51.1 Å². The molecule has 0 saturated heterocycles. The summed E-state index contributed by atoms with van der Waals surface area (Å²) < 4.78 is 16.4. The molecule has 3 rings (SSSR count). The van der Waals surface area contributed by atoms with Gasteiger partial charge in [0.1, 0.15) is 5.82 Å². The summed E-state index contributed by atoms with van der Waals surface area (Å²) in [7, 11) is 0. The number of nitrogens with one attached hydrogen (secondary N) is 1. The van der Waals surface area contributed by atoms with Crippen LogP contribution in [-0.4, -0.2) is 14.5 Å². The number of rotatable bonds is 1. The summed E-state index contributed by atoms with van der Waals surface area (Å²) in [6.07, 6.45) is 1.76. The first-order chi connectivity index (χ1) is 9.06. The van der Waals surface area contributed by atoms with Crippen molar-refractivity contribution in [3.63, 3.8) is 0 Å². The lowest BCUT2D eigenvalue weighted by atomic mass is 10.3. The number of aryl methyl sites for hydroxylation is 1. The van der Waals surface area contributed by atoms with Crippen molar-refractivity contribution < 1.29 is 4.39 Å². The maximum atomic E-state index is 13.4. The molecular formula is C13H9BrFN3S. The number of hydrogen-bond donors (Lipinski definition) is 1. The number of aromatic nitrogens is 3. The Balaban J connectivity index is 2.39. The minimum atomic E-state index is -0.318. The van der Waals surface area contributed by atoms with Crippen LogP contribution in [-0.2, 0) is 0 Å². The molecule has 96 valence electrons. The molecule has 1 aromatic carbocycles. The summed E-state index contributed by atoms with van der Waals surface area (Å²) in [4.78, 5) is 7.46. The molecule has 2 heterocycles. The van der Waals surface area contributed by atoms with E-state index in [0.29, 0.717) is 16.1 Å². The first-order valence-corrected chi connectivity index (χ1v) is 6.79. The fourth-order valence-corrected chi connectivity index (χ4v) is 2.70. The molecule has 0 amide bonds. The zero-order valence-corrected chi connectivity index (χ0v) is 12.3. The van der Waals surface area contributed by atoms with Crippen molar-refractivity contribution in [1.82, 2.24) is 14.5 Å². The fourth-order valence-electron chi connectivity index (χ4n) is 1.98. The third-order valence-electron chi connectivity index (χ3n) is 2.81. The molecule has 0 saturated carbocycles. The molecule has 0 bridgehead atoms. The summed E-state index contributed by atoms with van der Waals surface area (Å²) in [5, 5.41) is 0. The van der Waals surface area contributed by atoms with Crippen LogP contribution in [0, 0.1) is 17.5 Å². The number of hydrogen-bond acceptors (Lipinski definition) is 2. The summed E-state index contributed by atoms with van der Waals surface area (Å²) in [5.74, 6) is -0.318. The van der Waals surface area contributed by atoms with Gasteiger partial charge < -0.3 is 4.98 Å². The van der Waals surface area contributed by atoms with Gasteiger partial charge in [-0.25, -0.2) is 9.37 Å². The van der Waals surface area contributed by atoms with Crippen LogP contribution in [0.25, 0.3) is 16.9 Å². The van der Waals surface area contributed by atoms with Gasteiger partial charge in [-0.2, -0.15) is 0 Å². The molecule has 3 aromatic rings. The Bertz CT molecular complexity index is 838. The Labute approximate surface area is 122 Å². The first-order valence-electron chi connectivity index (χ1n) is 5.59. The van der Waals surface area contributed by atoms with Crippen molar-refractivity contribution in [3.8, 4) is 5.69 Å². The van der Waals surface area contributed by atoms with E-state index in [1.165, 1.54) is 12.1 Å². The van der Waals surface area contributed by atoms with Crippen molar-refractivity contribution in [2.45, 2.75) is 6.92 Å². The number of nitrogens with zero attached hydrogens (tertiary/aromatic N) is 2. The number of imidazole rings is 1. The Morgan fingerprint density at radius 2 is 2.16 bits per heavy atom. The molecule has 1 N–H and O–H groups in total. The molecule has 6 heteroatoms. The SMILES string of the molecule is Cc1cnc2c(c1)[nH]c(=S)n2-c1cc(F)ccc1Br. The second kappa shape index (κ2) is 4.54. The Morgan fingerprint density at radius 1 is 1.37 bits per heavy atom. The van der Waals surface area contributed by atoms with E-state index in [9.17, 15) is 4.39 Å². The minimum Gasteiger partial charge on any atom is -0.329 e. The molecule has 3 nitrogen and oxygen atoms in total. The summed E-state index contributed by atoms with van der Waals surface area (Å²) in [6, 6.07) is 6.43. The van der Waals surface area contributed by atoms with Gasteiger partial charge in [-0.15, -0.1) is 0 Å². The van der Waals surface area contributed by atoms with E-state index in [1.54, 1.807) is 16.8 Å². The average molecular weight is 338 g/mol. The number of benzene rings is 1. The van der Waals surface area contributed by atoms with Gasteiger partial charge in [0, 0.05) is 10.7 Å². The van der Waals surface area contributed by atoms with E-state index in [2.05, 4.69) is 25.9 Å². The Morgan fingerprint density at radius 3 is 2.95 bits per heavy atom. The zero-order valence-electron chi connectivity index (χ0n) is 9.95. The lowest BCUT2D eigenvalue weighted by molar-refractivity contribution is 0.626. The second-order valence-corrected chi connectivity index (χ2v) is 5.49. The first kappa shape index (κ1) is 12.5. The average Bonchev–Trinajstić information content (AvgIpc) is 2.67. The van der Waals surface area contributed by atoms with Crippen LogP contribution in [0.4, 0.5) is 4.39 Å². The molecule has 0 radical (unpaired) electrons. The van der Waals surface area contributed by atoms with Crippen molar-refractivity contribution >= 4 is 39.3 Å². The Kier molecular flexibility index (Phi) is 2.99. The third kappa shape index (κ3) is 2.11. The van der Waals surface area contributed by atoms with Gasteiger partial charge >= 0.3 is 0 Å². The van der Waals surface area contributed by atoms with E-state index >= 15 is 0 Å². The quantitative estimate of drug-likeness (QED) is 0.672. The molecule has 2 aromatic heterocycles. The third-order valence-corrected chi connectivity index (χ3v) is 3.76. The molecule has 19 heavy (non-hydrogen) atoms. The highest BCUT2D eigenvalue weighted by Gasteiger charge is 2.11. The Hall–Kier alpha value is -1.53. The van der Waals surface area contributed by atoms with Crippen molar-refractivity contribution in [2.24, 2.45) is 0 Å². The number of fused-ring (bicyclic) bond motifs is 1. The van der Waals surface area contributed by atoms with Gasteiger partial charge in [0.05, 0.1) is 11.2 Å². The normalized spacial score (nSPS) is 11.1. The van der Waals surface area contributed by atoms with Gasteiger partial charge in [-0.3, -0.25) is 4.57 Å². The van der Waals surface area contributed by atoms with Crippen LogP contribution in [0.3, 0.4) is 0 Å². The van der Waals surface area contributed by atoms with Crippen LogP contribution < -0.4 is 0 Å². The number of halogens is 2. The molecular weight excluding hydrogens is 329 g/mol. The zero-order chi connectivity index (χ0) is 13.6. The van der Waals surface area contributed by atoms with Crippen LogP contribution in [0.1, 0.15) is 5.56 Å². The highest BCUT2D eigenvalue weighted by Crippen LogP contribution is 2.26. The molecule has 0 aliphatic heterocycles. The van der Waals surface area contributed by atoms with Gasteiger partial charge in [0.25, 0.3) is 0 Å². The minimum absolute atomic E-state index is 0.318. The topological polar surface area (TPSA) is 33.6 Å². The predicted octanol–water partition coefficient (Wildman–Crippen LogP) is 4.29. The molecule has 0 spiro atoms. The maximum Gasteiger partial charge on any atom is 0.184 e. The van der Waals surface area contributed by atoms with Crippen LogP contribution in [0.5, 0.6) is 0 Å². The number of pyridine rings is 1. The van der Waals surface area contributed by atoms with E-state index < -0.39 is 0 Å². The number of H-pyrrole nitrogens is 1. The van der Waals surface area contributed by atoms with Gasteiger partial charge in [0.2, 0.25) is 0 Å². The highest BCUT2D eigenvalue weighted by molar-refractivity contribution is 9.10.